The SMILES string of the molecule is Cc1ccc(NC(=O)C2(c3ccccc3C(C)C)CN(c3ncc(C(=O)O)o3)C2)c(OC(F)F)n1. The van der Waals surface area contributed by atoms with Crippen molar-refractivity contribution in [2.75, 3.05) is 23.3 Å². The summed E-state index contributed by atoms with van der Waals surface area (Å²) in [5.74, 6) is -2.29. The molecule has 1 saturated heterocycles. The summed E-state index contributed by atoms with van der Waals surface area (Å²) in [6.45, 7) is 2.79. The van der Waals surface area contributed by atoms with E-state index in [2.05, 4.69) is 20.0 Å². The van der Waals surface area contributed by atoms with E-state index in [1.54, 1.807) is 17.9 Å². The van der Waals surface area contributed by atoms with Crippen LogP contribution in [-0.4, -0.2) is 46.7 Å². The minimum Gasteiger partial charge on any atom is -0.475 e. The number of carboxylic acids is 1. The summed E-state index contributed by atoms with van der Waals surface area (Å²) in [6, 6.07) is 10.6. The Hall–Kier alpha value is -4.02. The number of hydrogen-bond acceptors (Lipinski definition) is 7. The smallest absolute Gasteiger partial charge is 0.388 e. The van der Waals surface area contributed by atoms with Crippen LogP contribution in [0.15, 0.2) is 47.0 Å². The number of alkyl halides is 2. The lowest BCUT2D eigenvalue weighted by Crippen LogP contribution is -2.65. The Labute approximate surface area is 199 Å². The molecule has 0 bridgehead atoms. The quantitative estimate of drug-likeness (QED) is 0.487. The molecule has 3 heterocycles. The predicted molar refractivity (Wildman–Crippen MR) is 122 cm³/mol. The Kier molecular flexibility index (Phi) is 6.42. The van der Waals surface area contributed by atoms with E-state index in [0.29, 0.717) is 5.69 Å². The number of benzene rings is 1. The molecule has 35 heavy (non-hydrogen) atoms. The fraction of sp³-hybridized carbons (Fsp3) is 0.333. The fourth-order valence-electron chi connectivity index (χ4n) is 4.17. The van der Waals surface area contributed by atoms with Gasteiger partial charge in [-0.2, -0.15) is 8.78 Å². The minimum absolute atomic E-state index is 0.0186. The number of carboxylic acid groups (broad SMARTS) is 1. The van der Waals surface area contributed by atoms with E-state index >= 15 is 0 Å². The number of hydrogen-bond donors (Lipinski definition) is 2. The Balaban J connectivity index is 1.70. The zero-order valence-corrected chi connectivity index (χ0v) is 19.3. The van der Waals surface area contributed by atoms with Gasteiger partial charge in [0.15, 0.2) is 0 Å². The first-order chi connectivity index (χ1) is 16.6. The third kappa shape index (κ3) is 4.66. The number of rotatable bonds is 8. The van der Waals surface area contributed by atoms with Gasteiger partial charge in [-0.05, 0) is 36.1 Å². The van der Waals surface area contributed by atoms with E-state index in [0.717, 1.165) is 17.3 Å². The van der Waals surface area contributed by atoms with Crippen LogP contribution < -0.4 is 15.0 Å². The molecule has 0 aliphatic carbocycles. The molecular formula is C24H24F2N4O5. The van der Waals surface area contributed by atoms with E-state index in [4.69, 9.17) is 9.52 Å². The number of pyridine rings is 1. The standard InChI is InChI=1S/C24H24F2N4O5/c1-13(2)15-6-4-5-7-16(15)24(11-30(12-24)23-27-10-18(34-23)20(31)32)21(33)29-17-9-8-14(3)28-19(17)35-22(25)26/h4-10,13,22H,11-12H2,1-3H3,(H,29,33)(H,31,32). The Morgan fingerprint density at radius 2 is 1.91 bits per heavy atom. The van der Waals surface area contributed by atoms with Crippen molar-refractivity contribution in [3.05, 3.63) is 65.2 Å². The molecule has 1 fully saturated rings. The molecule has 0 saturated carbocycles. The van der Waals surface area contributed by atoms with Crippen LogP contribution in [0.25, 0.3) is 0 Å². The summed E-state index contributed by atoms with van der Waals surface area (Å²) >= 11 is 0. The number of aromatic nitrogens is 2. The molecule has 2 aromatic heterocycles. The highest BCUT2D eigenvalue weighted by atomic mass is 19.3. The molecule has 2 N–H and O–H groups in total. The van der Waals surface area contributed by atoms with Crippen LogP contribution >= 0.6 is 0 Å². The molecule has 11 heteroatoms. The first-order valence-corrected chi connectivity index (χ1v) is 10.9. The van der Waals surface area contributed by atoms with Crippen molar-refractivity contribution >= 4 is 23.6 Å². The van der Waals surface area contributed by atoms with Gasteiger partial charge >= 0.3 is 12.6 Å². The number of aromatic carboxylic acids is 1. The second kappa shape index (κ2) is 9.32. The van der Waals surface area contributed by atoms with Crippen molar-refractivity contribution in [1.29, 1.82) is 0 Å². The summed E-state index contributed by atoms with van der Waals surface area (Å²) in [7, 11) is 0. The Morgan fingerprint density at radius 1 is 1.20 bits per heavy atom. The molecule has 9 nitrogen and oxygen atoms in total. The molecule has 0 atom stereocenters. The number of amides is 1. The van der Waals surface area contributed by atoms with Crippen LogP contribution in [0.4, 0.5) is 20.5 Å². The van der Waals surface area contributed by atoms with Gasteiger partial charge in [-0.15, -0.1) is 0 Å². The van der Waals surface area contributed by atoms with Gasteiger partial charge in [0.2, 0.25) is 17.5 Å². The van der Waals surface area contributed by atoms with E-state index in [-0.39, 0.29) is 42.3 Å². The van der Waals surface area contributed by atoms with E-state index in [1.807, 2.05) is 38.1 Å². The summed E-state index contributed by atoms with van der Waals surface area (Å²) in [6.07, 6.45) is 1.10. The van der Waals surface area contributed by atoms with E-state index < -0.39 is 23.9 Å². The van der Waals surface area contributed by atoms with E-state index in [9.17, 15) is 18.4 Å². The Morgan fingerprint density at radius 3 is 2.54 bits per heavy atom. The van der Waals surface area contributed by atoms with Crippen LogP contribution in [0.1, 0.15) is 47.1 Å². The average molecular weight is 486 g/mol. The lowest BCUT2D eigenvalue weighted by atomic mass is 9.70. The first-order valence-electron chi connectivity index (χ1n) is 10.9. The van der Waals surface area contributed by atoms with Gasteiger partial charge in [-0.1, -0.05) is 38.1 Å². The number of ether oxygens (including phenoxy) is 1. The zero-order valence-electron chi connectivity index (χ0n) is 19.3. The maximum Gasteiger partial charge on any atom is 0.388 e. The fourth-order valence-corrected chi connectivity index (χ4v) is 4.17. The molecule has 184 valence electrons. The molecule has 0 unspecified atom stereocenters. The van der Waals surface area contributed by atoms with Gasteiger partial charge in [0.1, 0.15) is 11.1 Å². The van der Waals surface area contributed by atoms with Crippen LogP contribution in [0.3, 0.4) is 0 Å². The molecule has 1 amide bonds. The maximum atomic E-state index is 13.8. The van der Waals surface area contributed by atoms with Crippen molar-refractivity contribution in [1.82, 2.24) is 9.97 Å². The number of nitrogens with zero attached hydrogens (tertiary/aromatic N) is 3. The third-order valence-corrected chi connectivity index (χ3v) is 5.88. The number of aryl methyl sites for hydroxylation is 1. The van der Waals surface area contributed by atoms with Crippen LogP contribution in [-0.2, 0) is 10.2 Å². The second-order valence-electron chi connectivity index (χ2n) is 8.63. The summed E-state index contributed by atoms with van der Waals surface area (Å²) < 4.78 is 35.7. The highest BCUT2D eigenvalue weighted by Crippen LogP contribution is 2.42. The van der Waals surface area contributed by atoms with Crippen molar-refractivity contribution in [3.63, 3.8) is 0 Å². The number of carbonyl (C=O) groups excluding carboxylic acids is 1. The van der Waals surface area contributed by atoms with Crippen molar-refractivity contribution in [2.45, 2.75) is 38.7 Å². The van der Waals surface area contributed by atoms with Crippen LogP contribution in [0.5, 0.6) is 5.88 Å². The van der Waals surface area contributed by atoms with Gasteiger partial charge in [-0.3, -0.25) is 4.79 Å². The number of oxazole rings is 1. The zero-order chi connectivity index (χ0) is 25.3. The molecule has 1 aliphatic rings. The highest BCUT2D eigenvalue weighted by molar-refractivity contribution is 6.02. The van der Waals surface area contributed by atoms with Gasteiger partial charge in [0.05, 0.1) is 6.20 Å². The topological polar surface area (TPSA) is 118 Å². The molecule has 3 aromatic rings. The van der Waals surface area contributed by atoms with Gasteiger partial charge < -0.3 is 24.5 Å². The summed E-state index contributed by atoms with van der Waals surface area (Å²) in [4.78, 5) is 34.6. The van der Waals surface area contributed by atoms with Crippen molar-refractivity contribution in [3.8, 4) is 5.88 Å². The van der Waals surface area contributed by atoms with Crippen LogP contribution in [0, 0.1) is 6.92 Å². The normalized spacial score (nSPS) is 14.7. The number of halogens is 2. The Bertz CT molecular complexity index is 1250. The van der Waals surface area contributed by atoms with Gasteiger partial charge in [0.25, 0.3) is 6.01 Å². The van der Waals surface area contributed by atoms with Crippen molar-refractivity contribution in [2.24, 2.45) is 0 Å². The first kappa shape index (κ1) is 24.1. The number of nitrogens with one attached hydrogen (secondary N) is 1. The third-order valence-electron chi connectivity index (χ3n) is 5.88. The molecule has 1 aliphatic heterocycles. The van der Waals surface area contributed by atoms with Gasteiger partial charge in [-0.25, -0.2) is 14.8 Å². The summed E-state index contributed by atoms with van der Waals surface area (Å²) in [5, 5.41) is 11.8. The number of carbonyl (C=O) groups is 2. The summed E-state index contributed by atoms with van der Waals surface area (Å²) in [5.41, 5.74) is 1.10. The molecular weight excluding hydrogens is 462 g/mol. The van der Waals surface area contributed by atoms with E-state index in [1.165, 1.54) is 6.07 Å². The lowest BCUT2D eigenvalue weighted by Gasteiger charge is -2.49. The monoisotopic (exact) mass is 486 g/mol. The highest BCUT2D eigenvalue weighted by Gasteiger charge is 2.53. The molecule has 4 rings (SSSR count). The van der Waals surface area contributed by atoms with Crippen molar-refractivity contribution < 1.29 is 32.6 Å². The number of anilines is 2. The molecule has 0 radical (unpaired) electrons. The molecule has 0 spiro atoms. The van der Waals surface area contributed by atoms with Gasteiger partial charge in [0, 0.05) is 18.8 Å². The average Bonchev–Trinajstić information content (AvgIpc) is 3.25. The second-order valence-corrected chi connectivity index (χ2v) is 8.63. The minimum atomic E-state index is -3.11. The molecule has 1 aromatic carbocycles. The lowest BCUT2D eigenvalue weighted by molar-refractivity contribution is -0.122. The van der Waals surface area contributed by atoms with Crippen LogP contribution in [0.2, 0.25) is 0 Å². The largest absolute Gasteiger partial charge is 0.475 e. The maximum absolute atomic E-state index is 13.8. The predicted octanol–water partition coefficient (Wildman–Crippen LogP) is 4.20.